The number of para-hydroxylation sites is 1. The Morgan fingerprint density at radius 1 is 1.18 bits per heavy atom. The van der Waals surface area contributed by atoms with Gasteiger partial charge in [-0.05, 0) is 49.1 Å². The van der Waals surface area contributed by atoms with E-state index in [1.165, 1.54) is 7.11 Å². The Morgan fingerprint density at radius 2 is 1.93 bits per heavy atom. The van der Waals surface area contributed by atoms with Gasteiger partial charge in [0.25, 0.3) is 0 Å². The number of nitrogens with one attached hydrogen (secondary N) is 1. The van der Waals surface area contributed by atoms with E-state index < -0.39 is 0 Å². The van der Waals surface area contributed by atoms with Crippen molar-refractivity contribution in [2.24, 2.45) is 0 Å². The summed E-state index contributed by atoms with van der Waals surface area (Å²) in [6.07, 6.45) is 6.96. The number of ether oxygens (including phenoxy) is 1. The van der Waals surface area contributed by atoms with Crippen molar-refractivity contribution in [2.45, 2.75) is 37.8 Å². The first kappa shape index (κ1) is 18.3. The molecule has 1 fully saturated rings. The van der Waals surface area contributed by atoms with Gasteiger partial charge in [0, 0.05) is 25.5 Å². The van der Waals surface area contributed by atoms with E-state index >= 15 is 0 Å². The van der Waals surface area contributed by atoms with Crippen LogP contribution in [0, 0.1) is 0 Å². The number of rotatable bonds is 6. The van der Waals surface area contributed by atoms with Crippen molar-refractivity contribution in [3.8, 4) is 0 Å². The standard InChI is InChI=1S/C19H23N7O2/c1-28-13-18(27)22-14-7-9-15(10-8-14)25(19-20-11-4-12-21-19)26-17-6-3-2-5-16(17)23-24-26/h2-6,11-12,14-15H,7-10,13H2,1H3,(H,22,27). The van der Waals surface area contributed by atoms with Crippen LogP contribution in [0.4, 0.5) is 5.95 Å². The van der Waals surface area contributed by atoms with E-state index in [1.54, 1.807) is 23.3 Å². The third-order valence-electron chi connectivity index (χ3n) is 4.98. The van der Waals surface area contributed by atoms with E-state index in [9.17, 15) is 4.79 Å². The van der Waals surface area contributed by atoms with Crippen molar-refractivity contribution >= 4 is 22.9 Å². The Kier molecular flexibility index (Phi) is 5.43. The average Bonchev–Trinajstić information content (AvgIpc) is 3.14. The van der Waals surface area contributed by atoms with Crippen LogP contribution in [0.5, 0.6) is 0 Å². The number of anilines is 1. The van der Waals surface area contributed by atoms with Crippen molar-refractivity contribution in [1.82, 2.24) is 30.4 Å². The van der Waals surface area contributed by atoms with Crippen LogP contribution in [-0.4, -0.2) is 56.8 Å². The summed E-state index contributed by atoms with van der Waals surface area (Å²) in [5.41, 5.74) is 1.73. The summed E-state index contributed by atoms with van der Waals surface area (Å²) in [6.45, 7) is 0.0921. The molecule has 0 aliphatic heterocycles. The summed E-state index contributed by atoms with van der Waals surface area (Å²) in [4.78, 5) is 22.5. The molecule has 0 atom stereocenters. The van der Waals surface area contributed by atoms with Crippen LogP contribution in [0.3, 0.4) is 0 Å². The lowest BCUT2D eigenvalue weighted by Crippen LogP contribution is -2.47. The monoisotopic (exact) mass is 381 g/mol. The Hall–Kier alpha value is -3.07. The molecular formula is C19H23N7O2. The predicted molar refractivity (Wildman–Crippen MR) is 103 cm³/mol. The molecule has 146 valence electrons. The van der Waals surface area contributed by atoms with Crippen LogP contribution in [0.1, 0.15) is 25.7 Å². The maximum Gasteiger partial charge on any atom is 0.246 e. The number of methoxy groups -OCH3 is 1. The molecule has 2 aromatic heterocycles. The molecule has 3 aromatic rings. The average molecular weight is 381 g/mol. The molecule has 4 rings (SSSR count). The van der Waals surface area contributed by atoms with Gasteiger partial charge in [0.05, 0.1) is 6.04 Å². The zero-order valence-electron chi connectivity index (χ0n) is 15.7. The summed E-state index contributed by atoms with van der Waals surface area (Å²) >= 11 is 0. The zero-order chi connectivity index (χ0) is 19.3. The summed E-state index contributed by atoms with van der Waals surface area (Å²) in [7, 11) is 1.52. The lowest BCUT2D eigenvalue weighted by molar-refractivity contribution is -0.125. The van der Waals surface area contributed by atoms with E-state index in [1.807, 2.05) is 29.3 Å². The summed E-state index contributed by atoms with van der Waals surface area (Å²) in [5, 5.41) is 13.7. The topological polar surface area (TPSA) is 98.1 Å². The molecule has 28 heavy (non-hydrogen) atoms. The summed E-state index contributed by atoms with van der Waals surface area (Å²) in [5.74, 6) is 0.515. The van der Waals surface area contributed by atoms with Gasteiger partial charge in [-0.25, -0.2) is 15.0 Å². The number of amides is 1. The summed E-state index contributed by atoms with van der Waals surface area (Å²) < 4.78 is 4.90. The second kappa shape index (κ2) is 8.30. The lowest BCUT2D eigenvalue weighted by atomic mass is 9.91. The van der Waals surface area contributed by atoms with Crippen LogP contribution >= 0.6 is 0 Å². The molecule has 1 aliphatic carbocycles. The molecule has 9 nitrogen and oxygen atoms in total. The highest BCUT2D eigenvalue weighted by Crippen LogP contribution is 2.27. The number of nitrogens with zero attached hydrogens (tertiary/aromatic N) is 6. The molecule has 9 heteroatoms. The van der Waals surface area contributed by atoms with Gasteiger partial charge in [-0.1, -0.05) is 12.1 Å². The van der Waals surface area contributed by atoms with E-state index in [0.29, 0.717) is 5.95 Å². The van der Waals surface area contributed by atoms with E-state index in [-0.39, 0.29) is 24.6 Å². The Bertz CT molecular complexity index is 922. The van der Waals surface area contributed by atoms with Gasteiger partial charge < -0.3 is 10.1 Å². The Balaban J connectivity index is 1.57. The first-order valence-electron chi connectivity index (χ1n) is 9.41. The molecule has 0 saturated heterocycles. The molecule has 1 amide bonds. The van der Waals surface area contributed by atoms with E-state index in [4.69, 9.17) is 4.74 Å². The first-order valence-corrected chi connectivity index (χ1v) is 9.41. The molecule has 0 spiro atoms. The highest BCUT2D eigenvalue weighted by Gasteiger charge is 2.30. The number of carbonyl (C=O) groups excluding carboxylic acids is 1. The van der Waals surface area contributed by atoms with Gasteiger partial charge in [0.2, 0.25) is 11.9 Å². The Labute approximate surface area is 162 Å². The second-order valence-corrected chi connectivity index (χ2v) is 6.87. The Morgan fingerprint density at radius 3 is 2.68 bits per heavy atom. The van der Waals surface area contributed by atoms with Crippen LogP contribution in [0.25, 0.3) is 11.0 Å². The van der Waals surface area contributed by atoms with Gasteiger partial charge in [0.15, 0.2) is 0 Å². The second-order valence-electron chi connectivity index (χ2n) is 6.87. The van der Waals surface area contributed by atoms with Crippen molar-refractivity contribution in [2.75, 3.05) is 18.7 Å². The molecule has 0 radical (unpaired) electrons. The molecule has 1 aliphatic rings. The molecular weight excluding hydrogens is 358 g/mol. The van der Waals surface area contributed by atoms with Crippen molar-refractivity contribution in [1.29, 1.82) is 0 Å². The van der Waals surface area contributed by atoms with Gasteiger partial charge in [0.1, 0.15) is 17.6 Å². The van der Waals surface area contributed by atoms with Gasteiger partial charge in [-0.2, -0.15) is 0 Å². The quantitative estimate of drug-likeness (QED) is 0.692. The normalized spacial score (nSPS) is 19.5. The number of fused-ring (bicyclic) bond motifs is 1. The SMILES string of the molecule is COCC(=O)NC1CCC(N(c2ncccn2)n2nnc3ccccc32)CC1. The minimum Gasteiger partial charge on any atom is -0.375 e. The number of aromatic nitrogens is 5. The lowest BCUT2D eigenvalue weighted by Gasteiger charge is -2.36. The van der Waals surface area contributed by atoms with E-state index in [2.05, 4.69) is 25.6 Å². The number of hydrogen-bond donors (Lipinski definition) is 1. The smallest absolute Gasteiger partial charge is 0.246 e. The maximum absolute atomic E-state index is 11.8. The molecule has 1 N–H and O–H groups in total. The number of hydrogen-bond acceptors (Lipinski definition) is 7. The fraction of sp³-hybridized carbons (Fsp3) is 0.421. The van der Waals surface area contributed by atoms with Crippen LogP contribution in [-0.2, 0) is 9.53 Å². The van der Waals surface area contributed by atoms with Gasteiger partial charge in [-0.15, -0.1) is 9.89 Å². The third kappa shape index (κ3) is 3.79. The van der Waals surface area contributed by atoms with Gasteiger partial charge >= 0.3 is 0 Å². The van der Waals surface area contributed by atoms with Crippen molar-refractivity contribution in [3.05, 3.63) is 42.7 Å². The summed E-state index contributed by atoms with van der Waals surface area (Å²) in [6, 6.07) is 9.94. The van der Waals surface area contributed by atoms with Crippen LogP contribution in [0.15, 0.2) is 42.7 Å². The first-order chi connectivity index (χ1) is 13.8. The maximum atomic E-state index is 11.8. The van der Waals surface area contributed by atoms with Crippen LogP contribution < -0.4 is 10.3 Å². The van der Waals surface area contributed by atoms with Crippen molar-refractivity contribution in [3.63, 3.8) is 0 Å². The molecule has 1 aromatic carbocycles. The highest BCUT2D eigenvalue weighted by molar-refractivity contribution is 5.77. The minimum absolute atomic E-state index is 0.0727. The third-order valence-corrected chi connectivity index (χ3v) is 4.98. The van der Waals surface area contributed by atoms with Gasteiger partial charge in [-0.3, -0.25) is 4.79 Å². The molecule has 0 unspecified atom stereocenters. The largest absolute Gasteiger partial charge is 0.375 e. The zero-order valence-corrected chi connectivity index (χ0v) is 15.7. The van der Waals surface area contributed by atoms with E-state index in [0.717, 1.165) is 36.7 Å². The molecule has 0 bridgehead atoms. The molecule has 2 heterocycles. The fourth-order valence-electron chi connectivity index (χ4n) is 3.69. The highest BCUT2D eigenvalue weighted by atomic mass is 16.5. The molecule has 1 saturated carbocycles. The number of carbonyl (C=O) groups is 1. The van der Waals surface area contributed by atoms with Crippen LogP contribution in [0.2, 0.25) is 0 Å². The predicted octanol–water partition coefficient (Wildman–Crippen LogP) is 1.56. The fourth-order valence-corrected chi connectivity index (χ4v) is 3.69. The van der Waals surface area contributed by atoms with Crippen molar-refractivity contribution < 1.29 is 9.53 Å². The minimum atomic E-state index is -0.0727. The number of benzene rings is 1.